The Morgan fingerprint density at radius 2 is 2.24 bits per heavy atom. The Balaban J connectivity index is 3.02. The predicted octanol–water partition coefficient (Wildman–Crippen LogP) is 2.69. The summed E-state index contributed by atoms with van der Waals surface area (Å²) in [5, 5.41) is 3.32. The maximum absolute atomic E-state index is 13.8. The third-order valence-corrected chi connectivity index (χ3v) is 2.93. The van der Waals surface area contributed by atoms with Crippen molar-refractivity contribution < 1.29 is 9.13 Å². The fourth-order valence-corrected chi connectivity index (χ4v) is 1.76. The summed E-state index contributed by atoms with van der Waals surface area (Å²) in [5.74, 6) is -0.300. The van der Waals surface area contributed by atoms with Gasteiger partial charge in [0.2, 0.25) is 0 Å². The molecule has 1 aromatic rings. The van der Waals surface area contributed by atoms with E-state index in [4.69, 9.17) is 4.74 Å². The largest absolute Gasteiger partial charge is 0.377 e. The summed E-state index contributed by atoms with van der Waals surface area (Å²) >= 11 is 0. The first-order valence-electron chi connectivity index (χ1n) is 5.91. The number of halogens is 1. The van der Waals surface area contributed by atoms with Crippen LogP contribution in [0.15, 0.2) is 18.5 Å². The number of rotatable bonds is 6. The summed E-state index contributed by atoms with van der Waals surface area (Å²) in [5.41, 5.74) is 0.123. The van der Waals surface area contributed by atoms with Crippen molar-refractivity contribution in [2.45, 2.75) is 38.8 Å². The molecule has 1 rings (SSSR count). The third kappa shape index (κ3) is 3.48. The van der Waals surface area contributed by atoms with Crippen LogP contribution in [0.2, 0.25) is 0 Å². The van der Waals surface area contributed by atoms with Gasteiger partial charge in [-0.25, -0.2) is 4.39 Å². The molecule has 0 aromatic carbocycles. The van der Waals surface area contributed by atoms with Gasteiger partial charge in [-0.05, 0) is 32.9 Å². The maximum atomic E-state index is 13.8. The van der Waals surface area contributed by atoms with E-state index in [-0.39, 0.29) is 11.9 Å². The Labute approximate surface area is 102 Å². The number of nitrogens with zero attached hydrogens (tertiary/aromatic N) is 1. The minimum absolute atomic E-state index is 0.185. The quantitative estimate of drug-likeness (QED) is 0.830. The summed E-state index contributed by atoms with van der Waals surface area (Å²) < 4.78 is 19.2. The van der Waals surface area contributed by atoms with Crippen molar-refractivity contribution >= 4 is 0 Å². The van der Waals surface area contributed by atoms with Crippen molar-refractivity contribution in [1.82, 2.24) is 10.3 Å². The fraction of sp³-hybridized carbons (Fsp3) is 0.615. The maximum Gasteiger partial charge on any atom is 0.146 e. The molecule has 0 amide bonds. The Hall–Kier alpha value is -1.00. The molecular weight excluding hydrogens is 219 g/mol. The van der Waals surface area contributed by atoms with Crippen LogP contribution < -0.4 is 5.32 Å². The summed E-state index contributed by atoms with van der Waals surface area (Å²) in [6.07, 6.45) is 3.83. The number of ether oxygens (including phenoxy) is 1. The van der Waals surface area contributed by atoms with E-state index in [1.165, 1.54) is 6.20 Å². The highest BCUT2D eigenvalue weighted by atomic mass is 19.1. The summed E-state index contributed by atoms with van der Waals surface area (Å²) in [6, 6.07) is 1.51. The molecule has 0 fully saturated rings. The van der Waals surface area contributed by atoms with E-state index in [1.807, 2.05) is 13.8 Å². The van der Waals surface area contributed by atoms with E-state index in [1.54, 1.807) is 19.4 Å². The van der Waals surface area contributed by atoms with E-state index < -0.39 is 5.60 Å². The van der Waals surface area contributed by atoms with Crippen LogP contribution in [0.5, 0.6) is 0 Å². The van der Waals surface area contributed by atoms with E-state index >= 15 is 0 Å². The van der Waals surface area contributed by atoms with Gasteiger partial charge in [0, 0.05) is 18.9 Å². The zero-order chi connectivity index (χ0) is 12.9. The van der Waals surface area contributed by atoms with Gasteiger partial charge in [0.05, 0.1) is 17.8 Å². The highest BCUT2D eigenvalue weighted by molar-refractivity contribution is 5.20. The second-order valence-corrected chi connectivity index (χ2v) is 4.59. The standard InChI is InChI=1S/C13H21FN2O/c1-5-7-16-12(13(2,3)17-4)10-6-8-15-9-11(10)14/h6,8-9,12,16H,5,7H2,1-4H3. The first-order chi connectivity index (χ1) is 8.03. The molecule has 1 aromatic heterocycles. The van der Waals surface area contributed by atoms with Gasteiger partial charge in [0.1, 0.15) is 5.82 Å². The van der Waals surface area contributed by atoms with E-state index in [9.17, 15) is 4.39 Å². The van der Waals surface area contributed by atoms with Gasteiger partial charge in [-0.2, -0.15) is 0 Å². The molecule has 0 saturated carbocycles. The lowest BCUT2D eigenvalue weighted by Crippen LogP contribution is -2.41. The van der Waals surface area contributed by atoms with Crippen molar-refractivity contribution in [3.05, 3.63) is 29.8 Å². The molecule has 4 heteroatoms. The average Bonchev–Trinajstić information content (AvgIpc) is 2.31. The van der Waals surface area contributed by atoms with Crippen molar-refractivity contribution in [2.75, 3.05) is 13.7 Å². The second kappa shape index (κ2) is 6.07. The van der Waals surface area contributed by atoms with E-state index in [0.717, 1.165) is 13.0 Å². The van der Waals surface area contributed by atoms with Crippen LogP contribution in [0, 0.1) is 5.82 Å². The highest BCUT2D eigenvalue weighted by Gasteiger charge is 2.32. The first-order valence-corrected chi connectivity index (χ1v) is 5.91. The zero-order valence-corrected chi connectivity index (χ0v) is 11.0. The van der Waals surface area contributed by atoms with Crippen LogP contribution in [-0.4, -0.2) is 24.2 Å². The molecular formula is C13H21FN2O. The number of hydrogen-bond acceptors (Lipinski definition) is 3. The fourth-order valence-electron chi connectivity index (χ4n) is 1.76. The number of hydrogen-bond donors (Lipinski definition) is 1. The summed E-state index contributed by atoms with van der Waals surface area (Å²) in [4.78, 5) is 3.77. The lowest BCUT2D eigenvalue weighted by molar-refractivity contribution is -0.0120. The molecule has 1 unspecified atom stereocenters. The average molecular weight is 240 g/mol. The Morgan fingerprint density at radius 3 is 2.76 bits per heavy atom. The predicted molar refractivity (Wildman–Crippen MR) is 66.3 cm³/mol. The zero-order valence-electron chi connectivity index (χ0n) is 11.0. The van der Waals surface area contributed by atoms with Crippen molar-refractivity contribution in [2.24, 2.45) is 0 Å². The normalized spacial score (nSPS) is 13.7. The summed E-state index contributed by atoms with van der Waals surface area (Å²) in [6.45, 7) is 6.78. The molecule has 17 heavy (non-hydrogen) atoms. The molecule has 1 atom stereocenters. The number of aromatic nitrogens is 1. The monoisotopic (exact) mass is 240 g/mol. The lowest BCUT2D eigenvalue weighted by Gasteiger charge is -2.34. The topological polar surface area (TPSA) is 34.2 Å². The van der Waals surface area contributed by atoms with Gasteiger partial charge in [0.15, 0.2) is 0 Å². The number of nitrogens with one attached hydrogen (secondary N) is 1. The Kier molecular flexibility index (Phi) is 5.02. The SMILES string of the molecule is CCCNC(c1ccncc1F)C(C)(C)OC. The molecule has 0 aliphatic rings. The Bertz CT molecular complexity index is 355. The minimum atomic E-state index is -0.475. The smallest absolute Gasteiger partial charge is 0.146 e. The molecule has 1 N–H and O–H groups in total. The molecule has 0 radical (unpaired) electrons. The van der Waals surface area contributed by atoms with Gasteiger partial charge >= 0.3 is 0 Å². The van der Waals surface area contributed by atoms with Gasteiger partial charge < -0.3 is 10.1 Å². The second-order valence-electron chi connectivity index (χ2n) is 4.59. The lowest BCUT2D eigenvalue weighted by atomic mass is 9.91. The van der Waals surface area contributed by atoms with Crippen molar-refractivity contribution in [3.8, 4) is 0 Å². The van der Waals surface area contributed by atoms with Crippen molar-refractivity contribution in [3.63, 3.8) is 0 Å². The molecule has 3 nitrogen and oxygen atoms in total. The van der Waals surface area contributed by atoms with Crippen LogP contribution in [0.1, 0.15) is 38.8 Å². The highest BCUT2D eigenvalue weighted by Crippen LogP contribution is 2.29. The van der Waals surface area contributed by atoms with Crippen LogP contribution >= 0.6 is 0 Å². The summed E-state index contributed by atoms with van der Waals surface area (Å²) in [7, 11) is 1.64. The molecule has 1 heterocycles. The van der Waals surface area contributed by atoms with E-state index in [2.05, 4.69) is 17.2 Å². The van der Waals surface area contributed by atoms with Gasteiger partial charge in [0.25, 0.3) is 0 Å². The van der Waals surface area contributed by atoms with Crippen molar-refractivity contribution in [1.29, 1.82) is 0 Å². The molecule has 0 aliphatic carbocycles. The van der Waals surface area contributed by atoms with Crippen LogP contribution in [-0.2, 0) is 4.74 Å². The third-order valence-electron chi connectivity index (χ3n) is 2.93. The molecule has 0 spiro atoms. The van der Waals surface area contributed by atoms with Gasteiger partial charge in [-0.15, -0.1) is 0 Å². The Morgan fingerprint density at radius 1 is 1.53 bits per heavy atom. The molecule has 96 valence electrons. The molecule has 0 aliphatic heterocycles. The van der Waals surface area contributed by atoms with E-state index in [0.29, 0.717) is 5.56 Å². The molecule has 0 saturated heterocycles. The number of pyridine rings is 1. The minimum Gasteiger partial charge on any atom is -0.377 e. The van der Waals surface area contributed by atoms with Crippen LogP contribution in [0.4, 0.5) is 4.39 Å². The van der Waals surface area contributed by atoms with Crippen LogP contribution in [0.25, 0.3) is 0 Å². The molecule has 0 bridgehead atoms. The van der Waals surface area contributed by atoms with Gasteiger partial charge in [-0.1, -0.05) is 6.92 Å². The number of methoxy groups -OCH3 is 1. The van der Waals surface area contributed by atoms with Crippen LogP contribution in [0.3, 0.4) is 0 Å². The first kappa shape index (κ1) is 14.1. The van der Waals surface area contributed by atoms with Gasteiger partial charge in [-0.3, -0.25) is 4.98 Å².